The number of carbonyl (C=O) groups excluding carboxylic acids is 1. The number of hydrogen-bond donors (Lipinski definition) is 0. The van der Waals surface area contributed by atoms with Gasteiger partial charge in [-0.05, 0) is 40.9 Å². The Balaban J connectivity index is 2.40. The van der Waals surface area contributed by atoms with Crippen LogP contribution in [0.5, 0.6) is 0 Å². The number of ketones is 1. The molecule has 0 aliphatic heterocycles. The second-order valence-electron chi connectivity index (χ2n) is 4.84. The van der Waals surface area contributed by atoms with E-state index in [-0.39, 0.29) is 15.8 Å². The molecule has 2 rings (SSSR count). The standard InChI is InChI=1S/C13H13BrF2O/c1-13(4-2-3-5-13)12(17)8-6-11(16)9(14)7-10(8)15/h6-7H,2-5H2,1H3. The minimum atomic E-state index is -0.656. The molecule has 0 N–H and O–H groups in total. The predicted octanol–water partition coefficient (Wildman–Crippen LogP) is 4.49. The largest absolute Gasteiger partial charge is 0.293 e. The average molecular weight is 303 g/mol. The molecule has 0 heterocycles. The molecule has 92 valence electrons. The van der Waals surface area contributed by atoms with Crippen LogP contribution in [0.4, 0.5) is 8.78 Å². The zero-order valence-corrected chi connectivity index (χ0v) is 11.1. The molecule has 17 heavy (non-hydrogen) atoms. The van der Waals surface area contributed by atoms with E-state index in [9.17, 15) is 13.6 Å². The molecule has 0 unspecified atom stereocenters. The average Bonchev–Trinajstić information content (AvgIpc) is 2.71. The van der Waals surface area contributed by atoms with Gasteiger partial charge >= 0.3 is 0 Å². The maximum atomic E-state index is 13.7. The van der Waals surface area contributed by atoms with E-state index in [4.69, 9.17) is 0 Å². The molecule has 1 nitrogen and oxygen atoms in total. The fourth-order valence-corrected chi connectivity index (χ4v) is 2.72. The van der Waals surface area contributed by atoms with Gasteiger partial charge in [-0.15, -0.1) is 0 Å². The van der Waals surface area contributed by atoms with Crippen LogP contribution in [0.1, 0.15) is 43.0 Å². The van der Waals surface area contributed by atoms with E-state index in [1.807, 2.05) is 6.92 Å². The summed E-state index contributed by atoms with van der Waals surface area (Å²) in [6, 6.07) is 2.01. The molecule has 0 amide bonds. The van der Waals surface area contributed by atoms with Gasteiger partial charge in [-0.3, -0.25) is 4.79 Å². The molecule has 1 saturated carbocycles. The fraction of sp³-hybridized carbons (Fsp3) is 0.462. The quantitative estimate of drug-likeness (QED) is 0.581. The van der Waals surface area contributed by atoms with Crippen molar-refractivity contribution < 1.29 is 13.6 Å². The molecule has 0 bridgehead atoms. The predicted molar refractivity (Wildman–Crippen MR) is 65.0 cm³/mol. The SMILES string of the molecule is CC1(C(=O)c2cc(F)c(Br)cc2F)CCCC1. The van der Waals surface area contributed by atoms with Gasteiger partial charge in [0.25, 0.3) is 0 Å². The van der Waals surface area contributed by atoms with Gasteiger partial charge in [-0.25, -0.2) is 8.78 Å². The van der Waals surface area contributed by atoms with E-state index in [1.54, 1.807) is 0 Å². The van der Waals surface area contributed by atoms with E-state index >= 15 is 0 Å². The van der Waals surface area contributed by atoms with Gasteiger partial charge in [0.05, 0.1) is 10.0 Å². The highest BCUT2D eigenvalue weighted by Gasteiger charge is 2.38. The number of halogens is 3. The lowest BCUT2D eigenvalue weighted by atomic mass is 9.80. The Hall–Kier alpha value is -0.770. The van der Waals surface area contributed by atoms with Crippen molar-refractivity contribution >= 4 is 21.7 Å². The molecular weight excluding hydrogens is 290 g/mol. The van der Waals surface area contributed by atoms with Crippen molar-refractivity contribution in [2.24, 2.45) is 5.41 Å². The Morgan fingerprint density at radius 1 is 1.24 bits per heavy atom. The summed E-state index contributed by atoms with van der Waals surface area (Å²) in [7, 11) is 0. The van der Waals surface area contributed by atoms with Gasteiger partial charge in [-0.2, -0.15) is 0 Å². The van der Waals surface area contributed by atoms with Gasteiger partial charge in [0.15, 0.2) is 5.78 Å². The van der Waals surface area contributed by atoms with E-state index in [2.05, 4.69) is 15.9 Å². The monoisotopic (exact) mass is 302 g/mol. The third kappa shape index (κ3) is 2.28. The highest BCUT2D eigenvalue weighted by atomic mass is 79.9. The summed E-state index contributed by atoms with van der Waals surface area (Å²) in [5.74, 6) is -1.54. The van der Waals surface area contributed by atoms with Crippen LogP contribution in [0.15, 0.2) is 16.6 Å². The van der Waals surface area contributed by atoms with E-state index in [0.29, 0.717) is 0 Å². The third-order valence-corrected chi connectivity index (χ3v) is 4.12. The molecule has 1 aromatic rings. The number of benzene rings is 1. The highest BCUT2D eigenvalue weighted by Crippen LogP contribution is 2.41. The zero-order valence-electron chi connectivity index (χ0n) is 9.53. The first-order chi connectivity index (χ1) is 7.94. The van der Waals surface area contributed by atoms with E-state index in [0.717, 1.165) is 37.8 Å². The van der Waals surface area contributed by atoms with Crippen molar-refractivity contribution in [2.75, 3.05) is 0 Å². The molecule has 0 spiro atoms. The van der Waals surface area contributed by atoms with Crippen LogP contribution < -0.4 is 0 Å². The lowest BCUT2D eigenvalue weighted by Gasteiger charge is -2.22. The van der Waals surface area contributed by atoms with Gasteiger partial charge in [-0.1, -0.05) is 19.8 Å². The maximum absolute atomic E-state index is 13.7. The van der Waals surface area contributed by atoms with Crippen LogP contribution in [-0.2, 0) is 0 Å². The molecular formula is C13H13BrF2O. The van der Waals surface area contributed by atoms with Gasteiger partial charge in [0, 0.05) is 5.41 Å². The summed E-state index contributed by atoms with van der Waals surface area (Å²) in [4.78, 5) is 12.2. The Kier molecular flexibility index (Phi) is 3.34. The Morgan fingerprint density at radius 2 is 1.82 bits per heavy atom. The van der Waals surface area contributed by atoms with Crippen LogP contribution in [0, 0.1) is 17.0 Å². The van der Waals surface area contributed by atoms with Crippen molar-refractivity contribution in [3.8, 4) is 0 Å². The Bertz CT molecular complexity index is 465. The van der Waals surface area contributed by atoms with E-state index in [1.165, 1.54) is 0 Å². The number of Topliss-reactive ketones (excluding diaryl/α,β-unsaturated/α-hetero) is 1. The van der Waals surface area contributed by atoms with Gasteiger partial charge < -0.3 is 0 Å². The van der Waals surface area contributed by atoms with Crippen LogP contribution in [0.3, 0.4) is 0 Å². The first-order valence-corrected chi connectivity index (χ1v) is 6.43. The van der Waals surface area contributed by atoms with Crippen molar-refractivity contribution in [2.45, 2.75) is 32.6 Å². The maximum Gasteiger partial charge on any atom is 0.171 e. The zero-order chi connectivity index (χ0) is 12.6. The fourth-order valence-electron chi connectivity index (χ4n) is 2.40. The lowest BCUT2D eigenvalue weighted by molar-refractivity contribution is 0.0818. The second kappa shape index (κ2) is 4.48. The van der Waals surface area contributed by atoms with Crippen LogP contribution >= 0.6 is 15.9 Å². The van der Waals surface area contributed by atoms with Gasteiger partial charge in [0.1, 0.15) is 11.6 Å². The van der Waals surface area contributed by atoms with Gasteiger partial charge in [0.2, 0.25) is 0 Å². The molecule has 0 aromatic heterocycles. The summed E-state index contributed by atoms with van der Waals surface area (Å²) in [6.07, 6.45) is 3.46. The van der Waals surface area contributed by atoms with Crippen molar-refractivity contribution in [3.05, 3.63) is 33.8 Å². The third-order valence-electron chi connectivity index (χ3n) is 3.51. The summed E-state index contributed by atoms with van der Waals surface area (Å²) in [5.41, 5.74) is -0.656. The number of hydrogen-bond acceptors (Lipinski definition) is 1. The Morgan fingerprint density at radius 3 is 2.41 bits per heavy atom. The smallest absolute Gasteiger partial charge is 0.171 e. The number of carbonyl (C=O) groups is 1. The molecule has 0 saturated heterocycles. The Labute approximate surface area is 107 Å². The second-order valence-corrected chi connectivity index (χ2v) is 5.70. The normalized spacial score (nSPS) is 18.4. The molecule has 0 atom stereocenters. The van der Waals surface area contributed by atoms with Crippen molar-refractivity contribution in [1.29, 1.82) is 0 Å². The molecule has 1 aromatic carbocycles. The molecule has 1 aliphatic carbocycles. The molecule has 1 aliphatic rings. The number of rotatable bonds is 2. The van der Waals surface area contributed by atoms with Crippen LogP contribution in [0.2, 0.25) is 0 Å². The highest BCUT2D eigenvalue weighted by molar-refractivity contribution is 9.10. The van der Waals surface area contributed by atoms with Crippen molar-refractivity contribution in [1.82, 2.24) is 0 Å². The lowest BCUT2D eigenvalue weighted by Crippen LogP contribution is -2.25. The van der Waals surface area contributed by atoms with Crippen molar-refractivity contribution in [3.63, 3.8) is 0 Å². The topological polar surface area (TPSA) is 17.1 Å². The first kappa shape index (κ1) is 12.7. The van der Waals surface area contributed by atoms with E-state index < -0.39 is 17.0 Å². The summed E-state index contributed by atoms with van der Waals surface area (Å²) < 4.78 is 27.1. The van der Waals surface area contributed by atoms with Crippen LogP contribution in [0.25, 0.3) is 0 Å². The first-order valence-electron chi connectivity index (χ1n) is 5.63. The summed E-state index contributed by atoms with van der Waals surface area (Å²) >= 11 is 2.90. The van der Waals surface area contributed by atoms with Crippen LogP contribution in [-0.4, -0.2) is 5.78 Å². The molecule has 1 fully saturated rings. The summed E-state index contributed by atoms with van der Waals surface area (Å²) in [6.45, 7) is 1.84. The minimum Gasteiger partial charge on any atom is -0.293 e. The molecule has 0 radical (unpaired) electrons. The molecule has 4 heteroatoms. The summed E-state index contributed by atoms with van der Waals surface area (Å²) in [5, 5.41) is 0. The minimum absolute atomic E-state index is 0.0446.